The summed E-state index contributed by atoms with van der Waals surface area (Å²) in [6, 6.07) is 2.07. The van der Waals surface area contributed by atoms with Crippen molar-refractivity contribution in [3.63, 3.8) is 0 Å². The lowest BCUT2D eigenvalue weighted by atomic mass is 10.1. The van der Waals surface area contributed by atoms with Crippen molar-refractivity contribution >= 4 is 17.2 Å². The van der Waals surface area contributed by atoms with E-state index >= 15 is 0 Å². The van der Waals surface area contributed by atoms with Crippen LogP contribution >= 0.6 is 11.3 Å². The van der Waals surface area contributed by atoms with Crippen molar-refractivity contribution < 1.29 is 4.79 Å². The van der Waals surface area contributed by atoms with E-state index in [1.54, 1.807) is 11.3 Å². The third kappa shape index (κ3) is 2.56. The molecule has 1 aromatic heterocycles. The molecule has 1 aliphatic carbocycles. The van der Waals surface area contributed by atoms with Gasteiger partial charge in [-0.2, -0.15) is 11.3 Å². The van der Waals surface area contributed by atoms with Crippen LogP contribution < -0.4 is 5.32 Å². The second kappa shape index (κ2) is 5.25. The zero-order valence-corrected chi connectivity index (χ0v) is 12.5. The molecular formula is C15H22N2OS. The largest absolute Gasteiger partial charge is 0.321 e. The summed E-state index contributed by atoms with van der Waals surface area (Å²) in [6.45, 7) is 5.21. The monoisotopic (exact) mass is 278 g/mol. The van der Waals surface area contributed by atoms with E-state index in [1.807, 2.05) is 6.92 Å². The fourth-order valence-corrected chi connectivity index (χ4v) is 4.12. The maximum atomic E-state index is 12.3. The number of amides is 1. The molecular weight excluding hydrogens is 256 g/mol. The van der Waals surface area contributed by atoms with E-state index in [1.165, 1.54) is 24.8 Å². The van der Waals surface area contributed by atoms with Crippen molar-refractivity contribution in [1.29, 1.82) is 0 Å². The van der Waals surface area contributed by atoms with Gasteiger partial charge in [0, 0.05) is 6.54 Å². The molecule has 3 rings (SSSR count). The van der Waals surface area contributed by atoms with Gasteiger partial charge in [0.15, 0.2) is 0 Å². The van der Waals surface area contributed by atoms with E-state index in [0.29, 0.717) is 5.92 Å². The molecule has 0 radical (unpaired) electrons. The fourth-order valence-electron chi connectivity index (χ4n) is 3.45. The minimum Gasteiger partial charge on any atom is -0.321 e. The van der Waals surface area contributed by atoms with Crippen LogP contribution in [0.3, 0.4) is 0 Å². The summed E-state index contributed by atoms with van der Waals surface area (Å²) in [7, 11) is 0. The highest BCUT2D eigenvalue weighted by molar-refractivity contribution is 7.07. The van der Waals surface area contributed by atoms with Gasteiger partial charge >= 0.3 is 0 Å². The Morgan fingerprint density at radius 1 is 1.42 bits per heavy atom. The molecule has 0 bridgehead atoms. The lowest BCUT2D eigenvalue weighted by Gasteiger charge is -2.26. The third-order valence-electron chi connectivity index (χ3n) is 4.49. The van der Waals surface area contributed by atoms with Gasteiger partial charge in [0.05, 0.1) is 6.04 Å². The number of carbonyl (C=O) groups excluding carboxylic acids is 1. The van der Waals surface area contributed by atoms with E-state index < -0.39 is 0 Å². The zero-order valence-electron chi connectivity index (χ0n) is 11.6. The lowest BCUT2D eigenvalue weighted by molar-refractivity contribution is -0.130. The Balaban J connectivity index is 1.74. The molecule has 1 saturated carbocycles. The van der Waals surface area contributed by atoms with Crippen molar-refractivity contribution in [3.05, 3.63) is 22.4 Å². The Bertz CT molecular complexity index is 445. The van der Waals surface area contributed by atoms with Gasteiger partial charge in [0.25, 0.3) is 0 Å². The topological polar surface area (TPSA) is 32.3 Å². The fraction of sp³-hybridized carbons (Fsp3) is 0.667. The van der Waals surface area contributed by atoms with Gasteiger partial charge in [-0.05, 0) is 54.0 Å². The molecule has 1 aliphatic heterocycles. The second-order valence-corrected chi connectivity index (χ2v) is 6.90. The van der Waals surface area contributed by atoms with E-state index in [2.05, 4.69) is 34.0 Å². The molecule has 3 nitrogen and oxygen atoms in total. The predicted octanol–water partition coefficient (Wildman–Crippen LogP) is 3.00. The van der Waals surface area contributed by atoms with Crippen molar-refractivity contribution in [3.8, 4) is 0 Å². The normalized spacial score (nSPS) is 35.3. The van der Waals surface area contributed by atoms with E-state index in [0.717, 1.165) is 12.5 Å². The van der Waals surface area contributed by atoms with Crippen LogP contribution in [-0.4, -0.2) is 23.4 Å². The Hall–Kier alpha value is -0.870. The van der Waals surface area contributed by atoms with Gasteiger partial charge in [-0.3, -0.25) is 10.1 Å². The maximum Gasteiger partial charge on any atom is 0.241 e. The molecule has 104 valence electrons. The van der Waals surface area contributed by atoms with Gasteiger partial charge in [0.2, 0.25) is 5.91 Å². The van der Waals surface area contributed by atoms with Crippen LogP contribution in [0.2, 0.25) is 0 Å². The highest BCUT2D eigenvalue weighted by Crippen LogP contribution is 2.34. The minimum atomic E-state index is -0.0521. The average molecular weight is 278 g/mol. The Labute approximate surface area is 119 Å². The first kappa shape index (κ1) is 13.1. The van der Waals surface area contributed by atoms with E-state index in [4.69, 9.17) is 0 Å². The minimum absolute atomic E-state index is 0.0521. The van der Waals surface area contributed by atoms with Crippen molar-refractivity contribution in [2.75, 3.05) is 6.54 Å². The molecule has 4 unspecified atom stereocenters. The molecule has 2 aliphatic rings. The summed E-state index contributed by atoms with van der Waals surface area (Å²) in [6.07, 6.45) is 3.95. The van der Waals surface area contributed by atoms with Crippen LogP contribution in [0, 0.1) is 11.8 Å². The van der Waals surface area contributed by atoms with E-state index in [-0.39, 0.29) is 18.1 Å². The summed E-state index contributed by atoms with van der Waals surface area (Å²) in [5.74, 6) is 1.77. The van der Waals surface area contributed by atoms with Crippen LogP contribution in [0.1, 0.15) is 44.8 Å². The average Bonchev–Trinajstić information content (AvgIpc) is 3.07. The number of hydrogen-bond acceptors (Lipinski definition) is 3. The van der Waals surface area contributed by atoms with Crippen LogP contribution in [0.25, 0.3) is 0 Å². The van der Waals surface area contributed by atoms with E-state index in [9.17, 15) is 4.79 Å². The standard InChI is InChI=1S/C15H22N2OS/c1-10-3-4-12(7-10)8-17-14(13-5-6-19-9-13)16-11(2)15(17)18/h5-6,9-12,14,16H,3-4,7-8H2,1-2H3. The first-order valence-electron chi connectivity index (χ1n) is 7.23. The molecule has 0 spiro atoms. The molecule has 4 heteroatoms. The number of nitrogens with one attached hydrogen (secondary N) is 1. The molecule has 19 heavy (non-hydrogen) atoms. The van der Waals surface area contributed by atoms with Crippen molar-refractivity contribution in [2.24, 2.45) is 11.8 Å². The summed E-state index contributed by atoms with van der Waals surface area (Å²) in [4.78, 5) is 14.4. The molecule has 0 aromatic carbocycles. The highest BCUT2D eigenvalue weighted by atomic mass is 32.1. The summed E-state index contributed by atoms with van der Waals surface area (Å²) < 4.78 is 0. The number of rotatable bonds is 3. The number of nitrogens with zero attached hydrogens (tertiary/aromatic N) is 1. The summed E-state index contributed by atoms with van der Waals surface area (Å²) in [5, 5.41) is 7.65. The first-order valence-corrected chi connectivity index (χ1v) is 8.18. The maximum absolute atomic E-state index is 12.3. The predicted molar refractivity (Wildman–Crippen MR) is 77.9 cm³/mol. The quantitative estimate of drug-likeness (QED) is 0.922. The Kier molecular flexibility index (Phi) is 3.63. The number of thiophene rings is 1. The molecule has 1 aromatic rings. The van der Waals surface area contributed by atoms with Crippen molar-refractivity contribution in [2.45, 2.75) is 45.3 Å². The molecule has 2 fully saturated rings. The third-order valence-corrected chi connectivity index (χ3v) is 5.19. The highest BCUT2D eigenvalue weighted by Gasteiger charge is 2.39. The molecule has 1 saturated heterocycles. The Morgan fingerprint density at radius 3 is 2.89 bits per heavy atom. The van der Waals surface area contributed by atoms with Crippen LogP contribution in [0.4, 0.5) is 0 Å². The van der Waals surface area contributed by atoms with Gasteiger partial charge in [-0.25, -0.2) is 0 Å². The summed E-state index contributed by atoms with van der Waals surface area (Å²) >= 11 is 1.70. The molecule has 1 N–H and O–H groups in total. The van der Waals surface area contributed by atoms with Crippen LogP contribution in [0.15, 0.2) is 16.8 Å². The number of carbonyl (C=O) groups is 1. The summed E-state index contributed by atoms with van der Waals surface area (Å²) in [5.41, 5.74) is 1.23. The molecule has 4 atom stereocenters. The van der Waals surface area contributed by atoms with Gasteiger partial charge in [0.1, 0.15) is 6.17 Å². The number of hydrogen-bond donors (Lipinski definition) is 1. The SMILES string of the molecule is CC1CCC(CN2C(=O)C(C)NC2c2ccsc2)C1. The lowest BCUT2D eigenvalue weighted by Crippen LogP contribution is -2.34. The van der Waals surface area contributed by atoms with Crippen LogP contribution in [-0.2, 0) is 4.79 Å². The van der Waals surface area contributed by atoms with Crippen LogP contribution in [0.5, 0.6) is 0 Å². The zero-order chi connectivity index (χ0) is 13.4. The van der Waals surface area contributed by atoms with Gasteiger partial charge < -0.3 is 4.90 Å². The molecule has 2 heterocycles. The smallest absolute Gasteiger partial charge is 0.241 e. The second-order valence-electron chi connectivity index (χ2n) is 6.12. The first-order chi connectivity index (χ1) is 9.15. The van der Waals surface area contributed by atoms with Gasteiger partial charge in [-0.15, -0.1) is 0 Å². The Morgan fingerprint density at radius 2 is 2.26 bits per heavy atom. The van der Waals surface area contributed by atoms with Gasteiger partial charge in [-0.1, -0.05) is 13.3 Å². The molecule has 1 amide bonds. The van der Waals surface area contributed by atoms with Crippen molar-refractivity contribution in [1.82, 2.24) is 10.2 Å².